The van der Waals surface area contributed by atoms with Gasteiger partial charge in [-0.2, -0.15) is 0 Å². The van der Waals surface area contributed by atoms with Crippen LogP contribution in [0.5, 0.6) is 0 Å². The first-order valence-electron chi connectivity index (χ1n) is 6.04. The first kappa shape index (κ1) is 10.8. The summed E-state index contributed by atoms with van der Waals surface area (Å²) in [6, 6.07) is 0. The number of carbonyl (C=O) groups is 2. The maximum atomic E-state index is 12.3. The molecule has 2 bridgehead atoms. The van der Waals surface area contributed by atoms with Crippen molar-refractivity contribution in [2.45, 2.75) is 25.0 Å². The van der Waals surface area contributed by atoms with Gasteiger partial charge in [0.2, 0.25) is 5.91 Å². The number of nitrogens with zero attached hydrogens (tertiary/aromatic N) is 1. The highest BCUT2D eigenvalue weighted by Gasteiger charge is 2.54. The minimum Gasteiger partial charge on any atom is -0.481 e. The van der Waals surface area contributed by atoms with E-state index in [9.17, 15) is 14.7 Å². The molecule has 5 heteroatoms. The van der Waals surface area contributed by atoms with Crippen molar-refractivity contribution in [2.75, 3.05) is 13.1 Å². The number of hydrogen-bond donors (Lipinski definition) is 1. The predicted octanol–water partition coefficient (Wildman–Crippen LogP) is 0.263. The topological polar surface area (TPSA) is 66.8 Å². The molecule has 0 radical (unpaired) electrons. The number of likely N-dealkylation sites (tertiary alicyclic amines) is 1. The van der Waals surface area contributed by atoms with Crippen molar-refractivity contribution >= 4 is 11.9 Å². The molecule has 3 aliphatic rings. The van der Waals surface area contributed by atoms with Crippen molar-refractivity contribution in [1.82, 2.24) is 4.90 Å². The minimum absolute atomic E-state index is 0.0493. The van der Waals surface area contributed by atoms with E-state index in [2.05, 4.69) is 0 Å². The van der Waals surface area contributed by atoms with Gasteiger partial charge in [0.25, 0.3) is 0 Å². The summed E-state index contributed by atoms with van der Waals surface area (Å²) in [5.74, 6) is -2.22. The molecule has 3 aliphatic heterocycles. The Hall–Kier alpha value is -1.36. The molecule has 5 nitrogen and oxygen atoms in total. The molecule has 3 heterocycles. The van der Waals surface area contributed by atoms with Crippen molar-refractivity contribution in [3.63, 3.8) is 0 Å². The summed E-state index contributed by atoms with van der Waals surface area (Å²) in [4.78, 5) is 25.3. The van der Waals surface area contributed by atoms with E-state index in [4.69, 9.17) is 4.74 Å². The van der Waals surface area contributed by atoms with Crippen LogP contribution in [-0.2, 0) is 14.3 Å². The van der Waals surface area contributed by atoms with Crippen LogP contribution in [0.2, 0.25) is 0 Å². The lowest BCUT2D eigenvalue weighted by Crippen LogP contribution is -2.43. The van der Waals surface area contributed by atoms with Crippen molar-refractivity contribution in [3.8, 4) is 0 Å². The Bertz CT molecular complexity index is 386. The Kier molecular flexibility index (Phi) is 2.43. The van der Waals surface area contributed by atoms with Gasteiger partial charge < -0.3 is 14.7 Å². The highest BCUT2D eigenvalue weighted by atomic mass is 16.5. The van der Waals surface area contributed by atoms with Crippen LogP contribution in [0.4, 0.5) is 0 Å². The summed E-state index contributed by atoms with van der Waals surface area (Å²) in [5, 5.41) is 9.21. The van der Waals surface area contributed by atoms with Crippen LogP contribution in [0.15, 0.2) is 12.2 Å². The van der Waals surface area contributed by atoms with Crippen LogP contribution in [0, 0.1) is 11.8 Å². The smallest absolute Gasteiger partial charge is 0.310 e. The van der Waals surface area contributed by atoms with Crippen molar-refractivity contribution in [3.05, 3.63) is 12.2 Å². The third kappa shape index (κ3) is 1.57. The van der Waals surface area contributed by atoms with Crippen LogP contribution in [0.25, 0.3) is 0 Å². The molecule has 0 saturated carbocycles. The second kappa shape index (κ2) is 3.84. The number of rotatable bonds is 2. The zero-order chi connectivity index (χ0) is 12.0. The van der Waals surface area contributed by atoms with Crippen LogP contribution in [0.3, 0.4) is 0 Å². The second-order valence-electron chi connectivity index (χ2n) is 4.87. The standard InChI is InChI=1S/C12H15NO4/c14-11(13-5-1-2-6-13)9-7-3-4-8(17-7)10(9)12(15)16/h3-4,7-10H,1-2,5-6H2,(H,15,16)/t7-,8-,9-,10-/m0/s1. The zero-order valence-corrected chi connectivity index (χ0v) is 9.41. The maximum Gasteiger partial charge on any atom is 0.310 e. The zero-order valence-electron chi connectivity index (χ0n) is 9.41. The molecule has 1 amide bonds. The molecule has 0 spiro atoms. The monoisotopic (exact) mass is 237 g/mol. The summed E-state index contributed by atoms with van der Waals surface area (Å²) in [5.41, 5.74) is 0. The molecule has 0 aromatic heterocycles. The number of carboxylic acids is 1. The van der Waals surface area contributed by atoms with Gasteiger partial charge >= 0.3 is 5.97 Å². The largest absolute Gasteiger partial charge is 0.481 e. The number of aliphatic carboxylic acids is 1. The average molecular weight is 237 g/mol. The van der Waals surface area contributed by atoms with Gasteiger partial charge in [-0.1, -0.05) is 12.2 Å². The first-order valence-corrected chi connectivity index (χ1v) is 6.04. The van der Waals surface area contributed by atoms with E-state index >= 15 is 0 Å². The van der Waals surface area contributed by atoms with E-state index in [1.807, 2.05) is 6.08 Å². The average Bonchev–Trinajstić information content (AvgIpc) is 3.02. The van der Waals surface area contributed by atoms with Crippen molar-refractivity contribution in [1.29, 1.82) is 0 Å². The minimum atomic E-state index is -0.931. The summed E-state index contributed by atoms with van der Waals surface area (Å²) >= 11 is 0. The Labute approximate surface area is 99.0 Å². The number of ether oxygens (including phenoxy) is 1. The fourth-order valence-corrected chi connectivity index (χ4v) is 3.05. The van der Waals surface area contributed by atoms with Crippen molar-refractivity contribution in [2.24, 2.45) is 11.8 Å². The van der Waals surface area contributed by atoms with Gasteiger partial charge in [0.05, 0.1) is 18.1 Å². The Morgan fingerprint density at radius 2 is 1.71 bits per heavy atom. The number of carboxylic acid groups (broad SMARTS) is 1. The highest BCUT2D eigenvalue weighted by Crippen LogP contribution is 2.40. The molecule has 2 fully saturated rings. The van der Waals surface area contributed by atoms with Gasteiger partial charge in [-0.25, -0.2) is 0 Å². The highest BCUT2D eigenvalue weighted by molar-refractivity contribution is 5.87. The quantitative estimate of drug-likeness (QED) is 0.700. The third-order valence-electron chi connectivity index (χ3n) is 3.89. The number of hydrogen-bond acceptors (Lipinski definition) is 3. The van der Waals surface area contributed by atoms with Crippen molar-refractivity contribution < 1.29 is 19.4 Å². The number of amides is 1. The second-order valence-corrected chi connectivity index (χ2v) is 4.87. The molecule has 17 heavy (non-hydrogen) atoms. The molecule has 92 valence electrons. The predicted molar refractivity (Wildman–Crippen MR) is 58.2 cm³/mol. The van der Waals surface area contributed by atoms with E-state index in [-0.39, 0.29) is 12.0 Å². The third-order valence-corrected chi connectivity index (χ3v) is 3.89. The van der Waals surface area contributed by atoms with Crippen LogP contribution < -0.4 is 0 Å². The van der Waals surface area contributed by atoms with Gasteiger partial charge in [-0.3, -0.25) is 9.59 Å². The molecule has 0 aromatic carbocycles. The Morgan fingerprint density at radius 1 is 1.12 bits per heavy atom. The normalized spacial score (nSPS) is 38.9. The van der Waals surface area contributed by atoms with E-state index in [0.717, 1.165) is 25.9 Å². The van der Waals surface area contributed by atoms with E-state index < -0.39 is 23.9 Å². The van der Waals surface area contributed by atoms with E-state index in [0.29, 0.717) is 0 Å². The molecule has 0 aliphatic carbocycles. The lowest BCUT2D eigenvalue weighted by atomic mass is 9.82. The lowest BCUT2D eigenvalue weighted by molar-refractivity contribution is -0.149. The molecule has 4 atom stereocenters. The van der Waals surface area contributed by atoms with Crippen LogP contribution >= 0.6 is 0 Å². The van der Waals surface area contributed by atoms with Gasteiger partial charge in [-0.05, 0) is 12.8 Å². The summed E-state index contributed by atoms with van der Waals surface area (Å²) in [6.07, 6.45) is 4.85. The van der Waals surface area contributed by atoms with Gasteiger partial charge in [0.15, 0.2) is 0 Å². The number of carbonyl (C=O) groups excluding carboxylic acids is 1. The Morgan fingerprint density at radius 3 is 2.29 bits per heavy atom. The molecular weight excluding hydrogens is 222 g/mol. The van der Waals surface area contributed by atoms with E-state index in [1.165, 1.54) is 0 Å². The van der Waals surface area contributed by atoms with Gasteiger partial charge in [-0.15, -0.1) is 0 Å². The van der Waals surface area contributed by atoms with E-state index in [1.54, 1.807) is 11.0 Å². The maximum absolute atomic E-state index is 12.3. The van der Waals surface area contributed by atoms with Gasteiger partial charge in [0.1, 0.15) is 5.92 Å². The molecule has 2 saturated heterocycles. The summed E-state index contributed by atoms with van der Waals surface area (Å²) < 4.78 is 5.50. The fraction of sp³-hybridized carbons (Fsp3) is 0.667. The number of fused-ring (bicyclic) bond motifs is 2. The SMILES string of the molecule is O=C(O)[C@@H]1[C@@H](C(=O)N2CCCC2)[C@@H]2C=C[C@@H]1O2. The lowest BCUT2D eigenvalue weighted by Gasteiger charge is -2.25. The molecule has 0 aromatic rings. The fourth-order valence-electron chi connectivity index (χ4n) is 3.05. The molecule has 1 N–H and O–H groups in total. The summed E-state index contributed by atoms with van der Waals surface area (Å²) in [6.45, 7) is 1.51. The van der Waals surface area contributed by atoms with Crippen LogP contribution in [-0.4, -0.2) is 47.2 Å². The molecule has 0 unspecified atom stereocenters. The summed E-state index contributed by atoms with van der Waals surface area (Å²) in [7, 11) is 0. The van der Waals surface area contributed by atoms with Crippen LogP contribution in [0.1, 0.15) is 12.8 Å². The first-order chi connectivity index (χ1) is 8.18. The molecular formula is C12H15NO4. The molecule has 3 rings (SSSR count). The Balaban J connectivity index is 1.83. The van der Waals surface area contributed by atoms with Gasteiger partial charge in [0, 0.05) is 13.1 Å².